The smallest absolute Gasteiger partial charge is 0.416 e. The fourth-order valence-corrected chi connectivity index (χ4v) is 2.90. The largest absolute Gasteiger partial charge is 0.507 e. The van der Waals surface area contributed by atoms with Gasteiger partial charge in [-0.25, -0.2) is 0 Å². The van der Waals surface area contributed by atoms with Gasteiger partial charge in [-0.15, -0.1) is 0 Å². The van der Waals surface area contributed by atoms with Crippen LogP contribution < -0.4 is 10.9 Å². The first kappa shape index (κ1) is 22.4. The Morgan fingerprint density at radius 2 is 1.74 bits per heavy atom. The Hall–Kier alpha value is -3.30. The number of halogens is 5. The second-order valence-corrected chi connectivity index (χ2v) is 7.06. The average Bonchev–Trinajstić information content (AvgIpc) is 2.70. The minimum Gasteiger partial charge on any atom is -0.507 e. The molecule has 3 N–H and O–H groups in total. The van der Waals surface area contributed by atoms with E-state index in [9.17, 15) is 27.9 Å². The van der Waals surface area contributed by atoms with Gasteiger partial charge in [0.05, 0.1) is 27.4 Å². The molecule has 0 aliphatic rings. The van der Waals surface area contributed by atoms with Gasteiger partial charge < -0.3 is 14.8 Å². The SMILES string of the molecule is N=c1occ(C(=O)c2cc(Cl)ccc2O)cc1C(=O)Nc1cc(C(F)(F)F)ccc1Cl. The third-order valence-corrected chi connectivity index (χ3v) is 4.66. The van der Waals surface area contributed by atoms with Crippen LogP contribution in [0.1, 0.15) is 31.8 Å². The van der Waals surface area contributed by atoms with E-state index in [4.69, 9.17) is 33.0 Å². The number of benzene rings is 2. The number of phenols is 1. The van der Waals surface area contributed by atoms with Crippen molar-refractivity contribution in [1.29, 1.82) is 5.41 Å². The summed E-state index contributed by atoms with van der Waals surface area (Å²) in [5.74, 6) is -2.15. The Morgan fingerprint density at radius 3 is 2.42 bits per heavy atom. The number of phenolic OH excluding ortho intramolecular Hbond substituents is 1. The van der Waals surface area contributed by atoms with Gasteiger partial charge in [-0.1, -0.05) is 23.2 Å². The fraction of sp³-hybridized carbons (Fsp3) is 0.0500. The van der Waals surface area contributed by atoms with Gasteiger partial charge in [0.15, 0.2) is 5.78 Å². The van der Waals surface area contributed by atoms with Gasteiger partial charge in [0, 0.05) is 5.02 Å². The average molecular weight is 471 g/mol. The molecule has 3 rings (SSSR count). The molecule has 0 aliphatic carbocycles. The molecule has 0 unspecified atom stereocenters. The van der Waals surface area contributed by atoms with Gasteiger partial charge in [0.1, 0.15) is 17.6 Å². The second-order valence-electron chi connectivity index (χ2n) is 6.22. The number of ketones is 1. The van der Waals surface area contributed by atoms with Crippen molar-refractivity contribution in [3.63, 3.8) is 0 Å². The molecule has 0 aliphatic heterocycles. The Kier molecular flexibility index (Phi) is 6.10. The van der Waals surface area contributed by atoms with Gasteiger partial charge in [-0.3, -0.25) is 15.0 Å². The van der Waals surface area contributed by atoms with E-state index in [1.54, 1.807) is 0 Å². The summed E-state index contributed by atoms with van der Waals surface area (Å²) in [7, 11) is 0. The van der Waals surface area contributed by atoms with Crippen molar-refractivity contribution in [1.82, 2.24) is 0 Å². The summed E-state index contributed by atoms with van der Waals surface area (Å²) < 4.78 is 43.7. The molecule has 2 aromatic carbocycles. The van der Waals surface area contributed by atoms with Crippen molar-refractivity contribution in [2.45, 2.75) is 6.18 Å². The van der Waals surface area contributed by atoms with E-state index in [2.05, 4.69) is 5.32 Å². The number of alkyl halides is 3. The number of aromatic hydroxyl groups is 1. The fourth-order valence-electron chi connectivity index (χ4n) is 2.56. The van der Waals surface area contributed by atoms with E-state index >= 15 is 0 Å². The highest BCUT2D eigenvalue weighted by Gasteiger charge is 2.31. The van der Waals surface area contributed by atoms with Gasteiger partial charge >= 0.3 is 6.18 Å². The van der Waals surface area contributed by atoms with Gasteiger partial charge in [0.2, 0.25) is 5.55 Å². The van der Waals surface area contributed by atoms with Crippen LogP contribution in [-0.2, 0) is 6.18 Å². The number of carbonyl (C=O) groups excluding carboxylic acids is 2. The number of nitrogens with one attached hydrogen (secondary N) is 2. The lowest BCUT2D eigenvalue weighted by Crippen LogP contribution is -2.22. The molecule has 1 amide bonds. The molecule has 6 nitrogen and oxygen atoms in total. The molecule has 0 fully saturated rings. The summed E-state index contributed by atoms with van der Waals surface area (Å²) in [6.45, 7) is 0. The molecule has 3 aromatic rings. The molecule has 1 aromatic heterocycles. The number of hydrogen-bond acceptors (Lipinski definition) is 5. The van der Waals surface area contributed by atoms with E-state index in [0.29, 0.717) is 6.07 Å². The van der Waals surface area contributed by atoms with Crippen molar-refractivity contribution in [3.05, 3.63) is 86.6 Å². The quantitative estimate of drug-likeness (QED) is 0.451. The lowest BCUT2D eigenvalue weighted by molar-refractivity contribution is -0.137. The standard InChI is InChI=1S/C20H11Cl2F3N2O4/c21-11-2-4-16(28)12(7-11)17(29)9-5-13(18(26)31-8-9)19(30)27-15-6-10(20(23,24)25)1-3-14(15)22/h1-8,26,28H,(H,27,30). The number of rotatable bonds is 4. The van der Waals surface area contributed by atoms with E-state index in [1.807, 2.05) is 0 Å². The number of anilines is 1. The molecule has 0 atom stereocenters. The van der Waals surface area contributed by atoms with E-state index in [-0.39, 0.29) is 32.6 Å². The monoisotopic (exact) mass is 470 g/mol. The molecule has 1 heterocycles. The first-order valence-electron chi connectivity index (χ1n) is 8.36. The lowest BCUT2D eigenvalue weighted by Gasteiger charge is -2.12. The molecule has 0 bridgehead atoms. The third-order valence-electron chi connectivity index (χ3n) is 4.10. The highest BCUT2D eigenvalue weighted by atomic mass is 35.5. The van der Waals surface area contributed by atoms with Crippen LogP contribution in [0.15, 0.2) is 53.1 Å². The number of amides is 1. The Morgan fingerprint density at radius 1 is 1.03 bits per heavy atom. The van der Waals surface area contributed by atoms with E-state index in [1.165, 1.54) is 18.2 Å². The van der Waals surface area contributed by atoms with Crippen molar-refractivity contribution in [3.8, 4) is 5.75 Å². The molecule has 0 saturated carbocycles. The molecule has 0 saturated heterocycles. The summed E-state index contributed by atoms with van der Waals surface area (Å²) in [5.41, 5.74) is -2.84. The maximum atomic E-state index is 12.9. The predicted molar refractivity (Wildman–Crippen MR) is 106 cm³/mol. The van der Waals surface area contributed by atoms with Crippen molar-refractivity contribution in [2.75, 3.05) is 5.32 Å². The van der Waals surface area contributed by atoms with Crippen LogP contribution in [0.3, 0.4) is 0 Å². The summed E-state index contributed by atoms with van der Waals surface area (Å²) >= 11 is 11.7. The number of hydrogen-bond donors (Lipinski definition) is 3. The van der Waals surface area contributed by atoms with Crippen LogP contribution in [0.25, 0.3) is 0 Å². The Balaban J connectivity index is 1.96. The first-order valence-corrected chi connectivity index (χ1v) is 9.11. The van der Waals surface area contributed by atoms with Crippen LogP contribution in [0.2, 0.25) is 10.0 Å². The Labute approximate surface area is 182 Å². The maximum absolute atomic E-state index is 12.9. The topological polar surface area (TPSA) is 103 Å². The molecule has 0 spiro atoms. The Bertz CT molecular complexity index is 1260. The van der Waals surface area contributed by atoms with Gasteiger partial charge in [0.25, 0.3) is 5.91 Å². The summed E-state index contributed by atoms with van der Waals surface area (Å²) in [6, 6.07) is 7.13. The molecule has 11 heteroatoms. The van der Waals surface area contributed by atoms with Crippen LogP contribution in [0, 0.1) is 5.41 Å². The van der Waals surface area contributed by atoms with E-state index in [0.717, 1.165) is 24.5 Å². The maximum Gasteiger partial charge on any atom is 0.416 e. The van der Waals surface area contributed by atoms with Crippen molar-refractivity contribution >= 4 is 40.6 Å². The molecule has 31 heavy (non-hydrogen) atoms. The highest BCUT2D eigenvalue weighted by molar-refractivity contribution is 6.34. The molecular weight excluding hydrogens is 460 g/mol. The second kappa shape index (κ2) is 8.44. The number of carbonyl (C=O) groups is 2. The van der Waals surface area contributed by atoms with Gasteiger partial charge in [-0.05, 0) is 42.5 Å². The van der Waals surface area contributed by atoms with Crippen LogP contribution >= 0.6 is 23.2 Å². The first-order chi connectivity index (χ1) is 14.5. The zero-order chi connectivity index (χ0) is 22.9. The van der Waals surface area contributed by atoms with Crippen molar-refractivity contribution in [2.24, 2.45) is 0 Å². The third kappa shape index (κ3) is 4.89. The van der Waals surface area contributed by atoms with E-state index < -0.39 is 34.5 Å². The van der Waals surface area contributed by atoms with Crippen LogP contribution in [0.5, 0.6) is 5.75 Å². The summed E-state index contributed by atoms with van der Waals surface area (Å²) in [4.78, 5) is 25.2. The molecular formula is C20H11Cl2F3N2O4. The zero-order valence-electron chi connectivity index (χ0n) is 15.2. The lowest BCUT2D eigenvalue weighted by atomic mass is 10.0. The molecule has 0 radical (unpaired) electrons. The van der Waals surface area contributed by atoms with Crippen molar-refractivity contribution < 1.29 is 32.3 Å². The highest BCUT2D eigenvalue weighted by Crippen LogP contribution is 2.34. The molecule has 160 valence electrons. The van der Waals surface area contributed by atoms with Gasteiger partial charge in [-0.2, -0.15) is 13.2 Å². The predicted octanol–water partition coefficient (Wildman–Crippen LogP) is 5.27. The summed E-state index contributed by atoms with van der Waals surface area (Å²) in [6.07, 6.45) is -3.76. The minimum atomic E-state index is -4.66. The van der Waals surface area contributed by atoms with Crippen LogP contribution in [0.4, 0.5) is 18.9 Å². The minimum absolute atomic E-state index is 0.166. The summed E-state index contributed by atoms with van der Waals surface area (Å²) in [5, 5.41) is 19.8. The van der Waals surface area contributed by atoms with Crippen LogP contribution in [-0.4, -0.2) is 16.8 Å². The normalized spacial score (nSPS) is 11.3. The zero-order valence-corrected chi connectivity index (χ0v) is 16.7.